The van der Waals surface area contributed by atoms with Gasteiger partial charge in [0.25, 0.3) is 0 Å². The van der Waals surface area contributed by atoms with Crippen LogP contribution in [0.15, 0.2) is 0 Å². The first kappa shape index (κ1) is 14.5. The number of ketones is 1. The average molecular weight is 220 g/mol. The molecule has 3 unspecified atom stereocenters. The molecule has 0 amide bonds. The Kier molecular flexibility index (Phi) is 7.50. The topological polar surface area (TPSA) is 98.0 Å². The summed E-state index contributed by atoms with van der Waals surface area (Å²) in [7, 11) is 0. The molecule has 0 aromatic rings. The highest BCUT2D eigenvalue weighted by molar-refractivity contribution is 5.87. The van der Waals surface area contributed by atoms with Gasteiger partial charge in [-0.1, -0.05) is 26.2 Å². The third-order valence-corrected chi connectivity index (χ3v) is 2.25. The normalized spacial score (nSPS) is 17.1. The van der Waals surface area contributed by atoms with Crippen LogP contribution in [-0.4, -0.2) is 51.1 Å². The predicted molar refractivity (Wildman–Crippen MR) is 54.3 cm³/mol. The molecule has 4 N–H and O–H groups in total. The largest absolute Gasteiger partial charge is 0.394 e. The first-order valence-corrected chi connectivity index (χ1v) is 5.23. The van der Waals surface area contributed by atoms with Gasteiger partial charge in [-0.15, -0.1) is 0 Å². The molecule has 0 radical (unpaired) electrons. The molecule has 5 nitrogen and oxygen atoms in total. The second kappa shape index (κ2) is 7.76. The van der Waals surface area contributed by atoms with Crippen LogP contribution in [0.4, 0.5) is 0 Å². The van der Waals surface area contributed by atoms with Gasteiger partial charge < -0.3 is 20.4 Å². The van der Waals surface area contributed by atoms with Crippen molar-refractivity contribution in [3.05, 3.63) is 0 Å². The van der Waals surface area contributed by atoms with Crippen LogP contribution in [0.2, 0.25) is 0 Å². The van der Waals surface area contributed by atoms with Crippen LogP contribution < -0.4 is 0 Å². The van der Waals surface area contributed by atoms with Crippen molar-refractivity contribution in [3.8, 4) is 0 Å². The Balaban J connectivity index is 3.96. The lowest BCUT2D eigenvalue weighted by Gasteiger charge is -2.17. The maximum atomic E-state index is 11.3. The van der Waals surface area contributed by atoms with Gasteiger partial charge in [0.2, 0.25) is 0 Å². The standard InChI is InChI=1S/C10H20O5/c1-2-3-4-5-7(12)9(14)10(15)8(13)6-11/h7-8,10-13,15H,2-6H2,1H3. The van der Waals surface area contributed by atoms with Crippen LogP contribution in [0.25, 0.3) is 0 Å². The van der Waals surface area contributed by atoms with Crippen molar-refractivity contribution < 1.29 is 25.2 Å². The number of aliphatic hydroxyl groups excluding tert-OH is 4. The van der Waals surface area contributed by atoms with E-state index in [1.165, 1.54) is 0 Å². The van der Waals surface area contributed by atoms with Crippen molar-refractivity contribution in [1.82, 2.24) is 0 Å². The molecule has 0 fully saturated rings. The summed E-state index contributed by atoms with van der Waals surface area (Å²) in [6.07, 6.45) is -1.61. The molecule has 0 saturated heterocycles. The number of carbonyl (C=O) groups is 1. The van der Waals surface area contributed by atoms with Crippen molar-refractivity contribution >= 4 is 5.78 Å². The summed E-state index contributed by atoms with van der Waals surface area (Å²) < 4.78 is 0. The quantitative estimate of drug-likeness (QED) is 0.402. The molecule has 3 atom stereocenters. The van der Waals surface area contributed by atoms with Crippen LogP contribution in [0.3, 0.4) is 0 Å². The molecule has 0 saturated carbocycles. The summed E-state index contributed by atoms with van der Waals surface area (Å²) in [6, 6.07) is 0. The number of Topliss-reactive ketones (excluding diaryl/α,β-unsaturated/α-hetero) is 1. The second-order valence-electron chi connectivity index (χ2n) is 3.61. The zero-order valence-electron chi connectivity index (χ0n) is 8.96. The lowest BCUT2D eigenvalue weighted by molar-refractivity contribution is -0.143. The minimum atomic E-state index is -1.70. The van der Waals surface area contributed by atoms with Crippen LogP contribution in [0, 0.1) is 0 Å². The van der Waals surface area contributed by atoms with Crippen molar-refractivity contribution in [2.45, 2.75) is 50.9 Å². The third kappa shape index (κ3) is 5.22. The van der Waals surface area contributed by atoms with Crippen molar-refractivity contribution in [2.75, 3.05) is 6.61 Å². The van der Waals surface area contributed by atoms with Gasteiger partial charge in [0.15, 0.2) is 5.78 Å². The van der Waals surface area contributed by atoms with Gasteiger partial charge in [-0.2, -0.15) is 0 Å². The van der Waals surface area contributed by atoms with Crippen LogP contribution in [0.1, 0.15) is 32.6 Å². The number of hydrogen-bond donors (Lipinski definition) is 4. The third-order valence-electron chi connectivity index (χ3n) is 2.25. The summed E-state index contributed by atoms with van der Waals surface area (Å²) in [5.41, 5.74) is 0. The second-order valence-corrected chi connectivity index (χ2v) is 3.61. The molecule has 0 spiro atoms. The van der Waals surface area contributed by atoms with Gasteiger partial charge in [0.05, 0.1) is 6.61 Å². The Labute approximate surface area is 89.4 Å². The fraction of sp³-hybridized carbons (Fsp3) is 0.900. The van der Waals surface area contributed by atoms with E-state index >= 15 is 0 Å². The van der Waals surface area contributed by atoms with Crippen molar-refractivity contribution in [3.63, 3.8) is 0 Å². The van der Waals surface area contributed by atoms with Gasteiger partial charge in [0, 0.05) is 0 Å². The SMILES string of the molecule is CCCCCC(O)C(=O)C(O)C(O)CO. The van der Waals surface area contributed by atoms with Gasteiger partial charge >= 0.3 is 0 Å². The molecule has 0 heterocycles. The van der Waals surface area contributed by atoms with E-state index < -0.39 is 30.7 Å². The summed E-state index contributed by atoms with van der Waals surface area (Å²) in [5, 5.41) is 36.0. The highest BCUT2D eigenvalue weighted by Crippen LogP contribution is 2.07. The van der Waals surface area contributed by atoms with E-state index in [-0.39, 0.29) is 6.42 Å². The summed E-state index contributed by atoms with van der Waals surface area (Å²) in [4.78, 5) is 11.3. The summed E-state index contributed by atoms with van der Waals surface area (Å²) in [6.45, 7) is 1.30. The first-order chi connectivity index (χ1) is 7.04. The minimum Gasteiger partial charge on any atom is -0.394 e. The lowest BCUT2D eigenvalue weighted by Crippen LogP contribution is -2.42. The molecule has 0 rings (SSSR count). The fourth-order valence-corrected chi connectivity index (χ4v) is 1.22. The molecule has 0 aliphatic carbocycles. The van der Waals surface area contributed by atoms with Crippen molar-refractivity contribution in [2.24, 2.45) is 0 Å². The van der Waals surface area contributed by atoms with Gasteiger partial charge in [-0.3, -0.25) is 4.79 Å². The van der Waals surface area contributed by atoms with E-state index in [2.05, 4.69) is 0 Å². The number of hydrogen-bond acceptors (Lipinski definition) is 5. The molecular weight excluding hydrogens is 200 g/mol. The maximum Gasteiger partial charge on any atom is 0.192 e. The van der Waals surface area contributed by atoms with Crippen molar-refractivity contribution in [1.29, 1.82) is 0 Å². The smallest absolute Gasteiger partial charge is 0.192 e. The Hall–Kier alpha value is -0.490. The van der Waals surface area contributed by atoms with E-state index in [0.29, 0.717) is 6.42 Å². The number of carbonyl (C=O) groups excluding carboxylic acids is 1. The Morgan fingerprint density at radius 2 is 1.80 bits per heavy atom. The lowest BCUT2D eigenvalue weighted by atomic mass is 10.0. The van der Waals surface area contributed by atoms with Crippen LogP contribution in [-0.2, 0) is 4.79 Å². The Morgan fingerprint density at radius 3 is 2.27 bits per heavy atom. The van der Waals surface area contributed by atoms with Gasteiger partial charge in [-0.25, -0.2) is 0 Å². The number of unbranched alkanes of at least 4 members (excludes halogenated alkanes) is 2. The fourth-order valence-electron chi connectivity index (χ4n) is 1.22. The number of rotatable bonds is 8. The highest BCUT2D eigenvalue weighted by atomic mass is 16.4. The van der Waals surface area contributed by atoms with E-state index in [1.54, 1.807) is 0 Å². The predicted octanol–water partition coefficient (Wildman–Crippen LogP) is -0.789. The zero-order chi connectivity index (χ0) is 11.8. The molecule has 5 heteroatoms. The van der Waals surface area contributed by atoms with E-state index in [9.17, 15) is 15.0 Å². The zero-order valence-corrected chi connectivity index (χ0v) is 8.96. The van der Waals surface area contributed by atoms with E-state index in [0.717, 1.165) is 12.8 Å². The van der Waals surface area contributed by atoms with E-state index in [1.807, 2.05) is 6.92 Å². The summed E-state index contributed by atoms with van der Waals surface area (Å²) in [5.74, 6) is -0.826. The maximum absolute atomic E-state index is 11.3. The molecule has 0 aliphatic heterocycles. The molecular formula is C10H20O5. The molecule has 0 aromatic carbocycles. The van der Waals surface area contributed by atoms with Gasteiger partial charge in [0.1, 0.15) is 18.3 Å². The highest BCUT2D eigenvalue weighted by Gasteiger charge is 2.28. The molecule has 90 valence electrons. The van der Waals surface area contributed by atoms with E-state index in [4.69, 9.17) is 10.2 Å². The Bertz CT molecular complexity index is 183. The molecule has 15 heavy (non-hydrogen) atoms. The molecule has 0 aliphatic rings. The van der Waals surface area contributed by atoms with Gasteiger partial charge in [-0.05, 0) is 6.42 Å². The molecule has 0 aromatic heterocycles. The van der Waals surface area contributed by atoms with Crippen LogP contribution in [0.5, 0.6) is 0 Å². The average Bonchev–Trinajstić information content (AvgIpc) is 2.26. The molecule has 0 bridgehead atoms. The Morgan fingerprint density at radius 1 is 1.20 bits per heavy atom. The monoisotopic (exact) mass is 220 g/mol. The minimum absolute atomic E-state index is 0.280. The number of aliphatic hydroxyl groups is 4. The first-order valence-electron chi connectivity index (χ1n) is 5.23. The van der Waals surface area contributed by atoms with Crippen LogP contribution >= 0.6 is 0 Å². The summed E-state index contributed by atoms with van der Waals surface area (Å²) >= 11 is 0.